The third-order valence-corrected chi connectivity index (χ3v) is 3.84. The van der Waals surface area contributed by atoms with Crippen LogP contribution >= 0.6 is 0 Å². The number of ether oxygens (including phenoxy) is 2. The minimum absolute atomic E-state index is 0.0893. The van der Waals surface area contributed by atoms with Gasteiger partial charge in [-0.1, -0.05) is 0 Å². The van der Waals surface area contributed by atoms with Gasteiger partial charge in [0.05, 0.1) is 18.4 Å². The Labute approximate surface area is 153 Å². The molecule has 2 N–H and O–H groups in total. The van der Waals surface area contributed by atoms with E-state index in [0.717, 1.165) is 0 Å². The summed E-state index contributed by atoms with van der Waals surface area (Å²) in [4.78, 5) is 35.0. The summed E-state index contributed by atoms with van der Waals surface area (Å²) in [5.41, 5.74) is -0.116. The highest BCUT2D eigenvalue weighted by molar-refractivity contribution is 5.89. The molecule has 0 aliphatic carbocycles. The topological polar surface area (TPSA) is 108 Å². The number of nitrogens with one attached hydrogen (secondary N) is 1. The Morgan fingerprint density at radius 3 is 2.38 bits per heavy atom. The highest BCUT2D eigenvalue weighted by Crippen LogP contribution is 2.22. The van der Waals surface area contributed by atoms with Crippen molar-refractivity contribution >= 4 is 18.0 Å². The van der Waals surface area contributed by atoms with Crippen LogP contribution in [0.1, 0.15) is 56.9 Å². The number of nitrogens with zero attached hydrogens (tertiary/aromatic N) is 3. The van der Waals surface area contributed by atoms with Gasteiger partial charge >= 0.3 is 12.1 Å². The van der Waals surface area contributed by atoms with Gasteiger partial charge in [-0.2, -0.15) is 0 Å². The number of amides is 1. The van der Waals surface area contributed by atoms with Gasteiger partial charge < -0.3 is 29.4 Å². The number of carbonyl (C=O) groups excluding carboxylic acids is 2. The SMILES string of the molecule is CCOC(=O)c1nc(N2CCN(C(=O)OC(C)(C)C)CC2)[nH]c1C(C)O. The number of piperazine rings is 1. The Kier molecular flexibility index (Phi) is 6.12. The van der Waals surface area contributed by atoms with Crippen molar-refractivity contribution in [3.8, 4) is 0 Å². The molecular weight excluding hydrogens is 340 g/mol. The number of aliphatic hydroxyl groups is 1. The van der Waals surface area contributed by atoms with Crippen LogP contribution in [-0.4, -0.2) is 70.4 Å². The van der Waals surface area contributed by atoms with Crippen molar-refractivity contribution in [1.29, 1.82) is 0 Å². The molecule has 9 nitrogen and oxygen atoms in total. The second-order valence-electron chi connectivity index (χ2n) is 7.17. The van der Waals surface area contributed by atoms with E-state index in [2.05, 4.69) is 9.97 Å². The lowest BCUT2D eigenvalue weighted by molar-refractivity contribution is 0.0240. The van der Waals surface area contributed by atoms with Crippen LogP contribution in [0.4, 0.5) is 10.7 Å². The van der Waals surface area contributed by atoms with E-state index in [1.165, 1.54) is 0 Å². The molecule has 1 fully saturated rings. The number of hydrogen-bond donors (Lipinski definition) is 2. The number of aromatic amines is 1. The molecule has 146 valence electrons. The first-order chi connectivity index (χ1) is 12.1. The minimum Gasteiger partial charge on any atom is -0.461 e. The van der Waals surface area contributed by atoms with Crippen molar-refractivity contribution in [3.05, 3.63) is 11.4 Å². The van der Waals surface area contributed by atoms with Crippen LogP contribution in [0.2, 0.25) is 0 Å². The molecule has 1 aromatic rings. The average Bonchev–Trinajstić information content (AvgIpc) is 2.99. The van der Waals surface area contributed by atoms with Gasteiger partial charge in [0.1, 0.15) is 5.60 Å². The van der Waals surface area contributed by atoms with Crippen molar-refractivity contribution < 1.29 is 24.2 Å². The number of hydrogen-bond acceptors (Lipinski definition) is 7. The third kappa shape index (κ3) is 4.87. The van der Waals surface area contributed by atoms with E-state index in [9.17, 15) is 14.7 Å². The van der Waals surface area contributed by atoms with Gasteiger partial charge in [-0.05, 0) is 34.6 Å². The molecule has 1 aliphatic rings. The summed E-state index contributed by atoms with van der Waals surface area (Å²) < 4.78 is 10.4. The predicted octanol–water partition coefficient (Wildman–Crippen LogP) is 1.70. The van der Waals surface area contributed by atoms with E-state index >= 15 is 0 Å². The molecule has 1 atom stereocenters. The van der Waals surface area contributed by atoms with E-state index < -0.39 is 17.7 Å². The Balaban J connectivity index is 2.06. The summed E-state index contributed by atoms with van der Waals surface area (Å²) in [6, 6.07) is 0. The predicted molar refractivity (Wildman–Crippen MR) is 95.2 cm³/mol. The molecule has 1 aliphatic heterocycles. The fourth-order valence-electron chi connectivity index (χ4n) is 2.61. The van der Waals surface area contributed by atoms with Gasteiger partial charge in [-0.15, -0.1) is 0 Å². The molecule has 0 radical (unpaired) electrons. The van der Waals surface area contributed by atoms with Gasteiger partial charge in [0.15, 0.2) is 5.69 Å². The van der Waals surface area contributed by atoms with E-state index in [0.29, 0.717) is 37.8 Å². The molecule has 0 bridgehead atoms. The average molecular weight is 368 g/mol. The van der Waals surface area contributed by atoms with Crippen LogP contribution in [0.5, 0.6) is 0 Å². The maximum absolute atomic E-state index is 12.1. The van der Waals surface area contributed by atoms with Gasteiger partial charge in [0.2, 0.25) is 5.95 Å². The number of H-pyrrole nitrogens is 1. The van der Waals surface area contributed by atoms with Crippen molar-refractivity contribution in [2.45, 2.75) is 46.3 Å². The first-order valence-electron chi connectivity index (χ1n) is 8.80. The van der Waals surface area contributed by atoms with Crippen molar-refractivity contribution in [2.75, 3.05) is 37.7 Å². The highest BCUT2D eigenvalue weighted by atomic mass is 16.6. The van der Waals surface area contributed by atoms with Crippen molar-refractivity contribution in [3.63, 3.8) is 0 Å². The molecule has 2 rings (SSSR count). The second kappa shape index (κ2) is 7.94. The highest BCUT2D eigenvalue weighted by Gasteiger charge is 2.29. The lowest BCUT2D eigenvalue weighted by Gasteiger charge is -2.35. The maximum Gasteiger partial charge on any atom is 0.410 e. The molecular formula is C17H28N4O5. The number of carbonyl (C=O) groups is 2. The molecule has 0 spiro atoms. The van der Waals surface area contributed by atoms with Gasteiger partial charge in [0.25, 0.3) is 0 Å². The van der Waals surface area contributed by atoms with Crippen LogP contribution in [0.25, 0.3) is 0 Å². The number of esters is 1. The molecule has 26 heavy (non-hydrogen) atoms. The maximum atomic E-state index is 12.1. The summed E-state index contributed by atoms with van der Waals surface area (Å²) in [7, 11) is 0. The summed E-state index contributed by atoms with van der Waals surface area (Å²) in [6.07, 6.45) is -1.22. The number of aromatic nitrogens is 2. The lowest BCUT2D eigenvalue weighted by Crippen LogP contribution is -2.50. The largest absolute Gasteiger partial charge is 0.461 e. The van der Waals surface area contributed by atoms with Crippen LogP contribution in [0.3, 0.4) is 0 Å². The zero-order chi connectivity index (χ0) is 19.5. The summed E-state index contributed by atoms with van der Waals surface area (Å²) in [5, 5.41) is 9.89. The fraction of sp³-hybridized carbons (Fsp3) is 0.706. The van der Waals surface area contributed by atoms with E-state index in [1.54, 1.807) is 18.7 Å². The van der Waals surface area contributed by atoms with Crippen molar-refractivity contribution in [2.24, 2.45) is 0 Å². The molecule has 1 saturated heterocycles. The first-order valence-corrected chi connectivity index (χ1v) is 8.80. The van der Waals surface area contributed by atoms with Crippen LogP contribution < -0.4 is 4.90 Å². The zero-order valence-corrected chi connectivity index (χ0v) is 16.0. The summed E-state index contributed by atoms with van der Waals surface area (Å²) in [6.45, 7) is 11.0. The van der Waals surface area contributed by atoms with Crippen LogP contribution in [-0.2, 0) is 9.47 Å². The molecule has 2 heterocycles. The lowest BCUT2D eigenvalue weighted by atomic mass is 10.2. The molecule has 0 saturated carbocycles. The summed E-state index contributed by atoms with van der Waals surface area (Å²) >= 11 is 0. The van der Waals surface area contributed by atoms with Gasteiger partial charge in [-0.3, -0.25) is 0 Å². The molecule has 1 unspecified atom stereocenters. The Morgan fingerprint density at radius 2 is 1.88 bits per heavy atom. The van der Waals surface area contributed by atoms with E-state index in [-0.39, 0.29) is 18.4 Å². The zero-order valence-electron chi connectivity index (χ0n) is 16.0. The molecule has 1 amide bonds. The first kappa shape index (κ1) is 20.0. The number of aliphatic hydroxyl groups excluding tert-OH is 1. The Bertz CT molecular complexity index is 642. The summed E-state index contributed by atoms with van der Waals surface area (Å²) in [5.74, 6) is -0.0916. The number of rotatable bonds is 4. The van der Waals surface area contributed by atoms with Gasteiger partial charge in [0, 0.05) is 26.2 Å². The normalized spacial score (nSPS) is 16.4. The molecule has 1 aromatic heterocycles. The third-order valence-electron chi connectivity index (χ3n) is 3.84. The van der Waals surface area contributed by atoms with Crippen LogP contribution in [0, 0.1) is 0 Å². The fourth-order valence-corrected chi connectivity index (χ4v) is 2.61. The quantitative estimate of drug-likeness (QED) is 0.779. The molecule has 0 aromatic carbocycles. The standard InChI is InChI=1S/C17H28N4O5/c1-6-25-14(23)13-12(11(2)22)18-15(19-13)20-7-9-21(10-8-20)16(24)26-17(3,4)5/h11,22H,6-10H2,1-5H3,(H,18,19). The number of anilines is 1. The van der Waals surface area contributed by atoms with Crippen LogP contribution in [0.15, 0.2) is 0 Å². The Morgan fingerprint density at radius 1 is 1.27 bits per heavy atom. The second-order valence-corrected chi connectivity index (χ2v) is 7.17. The Hall–Kier alpha value is -2.29. The molecule has 9 heteroatoms. The van der Waals surface area contributed by atoms with Gasteiger partial charge in [-0.25, -0.2) is 14.6 Å². The smallest absolute Gasteiger partial charge is 0.410 e. The van der Waals surface area contributed by atoms with Crippen molar-refractivity contribution in [1.82, 2.24) is 14.9 Å². The monoisotopic (exact) mass is 368 g/mol. The van der Waals surface area contributed by atoms with E-state index in [1.807, 2.05) is 25.7 Å². The number of imidazole rings is 1. The van der Waals surface area contributed by atoms with E-state index in [4.69, 9.17) is 9.47 Å². The minimum atomic E-state index is -0.876.